The van der Waals surface area contributed by atoms with Crippen molar-refractivity contribution >= 4 is 5.91 Å². The number of rotatable bonds is 4. The molecule has 2 aromatic rings. The number of hydrogen-bond donors (Lipinski definition) is 0. The Morgan fingerprint density at radius 2 is 2.16 bits per heavy atom. The summed E-state index contributed by atoms with van der Waals surface area (Å²) in [6.45, 7) is 5.61. The minimum absolute atomic E-state index is 0.0373. The van der Waals surface area contributed by atoms with Crippen molar-refractivity contribution in [3.8, 4) is 11.3 Å². The maximum absolute atomic E-state index is 12.1. The third kappa shape index (κ3) is 3.56. The van der Waals surface area contributed by atoms with Crippen LogP contribution in [0.3, 0.4) is 0 Å². The van der Waals surface area contributed by atoms with Crippen molar-refractivity contribution in [3.05, 3.63) is 29.5 Å². The lowest BCUT2D eigenvalue weighted by atomic mass is 9.94. The summed E-state index contributed by atoms with van der Waals surface area (Å²) in [5.74, 6) is 0.245. The molecule has 1 amide bonds. The molecule has 0 N–H and O–H groups in total. The third-order valence-electron chi connectivity index (χ3n) is 4.88. The van der Waals surface area contributed by atoms with Crippen LogP contribution in [0.2, 0.25) is 0 Å². The van der Waals surface area contributed by atoms with Gasteiger partial charge < -0.3 is 9.64 Å². The van der Waals surface area contributed by atoms with Crippen LogP contribution in [0.15, 0.2) is 12.4 Å². The van der Waals surface area contributed by atoms with Gasteiger partial charge in [-0.05, 0) is 26.7 Å². The standard InChI is InChI=1S/C18H25N5O2/c1-12-18(13(2)22(3)21-12)16-9-19-8-15(20-16)14-6-5-7-23(10-14)17(24)11-25-4/h8-9,14H,5-7,10-11H2,1-4H3/t14-/m1/s1. The van der Waals surface area contributed by atoms with Crippen molar-refractivity contribution in [3.63, 3.8) is 0 Å². The highest BCUT2D eigenvalue weighted by Crippen LogP contribution is 2.29. The quantitative estimate of drug-likeness (QED) is 0.847. The second-order valence-electron chi connectivity index (χ2n) is 6.61. The van der Waals surface area contributed by atoms with E-state index in [0.717, 1.165) is 47.7 Å². The van der Waals surface area contributed by atoms with E-state index in [1.165, 1.54) is 0 Å². The van der Waals surface area contributed by atoms with Crippen molar-refractivity contribution in [2.24, 2.45) is 7.05 Å². The summed E-state index contributed by atoms with van der Waals surface area (Å²) in [7, 11) is 3.48. The molecule has 3 heterocycles. The van der Waals surface area contributed by atoms with Gasteiger partial charge in [-0.3, -0.25) is 14.5 Å². The minimum Gasteiger partial charge on any atom is -0.375 e. The predicted molar refractivity (Wildman–Crippen MR) is 94.1 cm³/mol. The van der Waals surface area contributed by atoms with E-state index in [-0.39, 0.29) is 18.4 Å². The predicted octanol–water partition coefficient (Wildman–Crippen LogP) is 1.85. The number of piperidine rings is 1. The first-order chi connectivity index (χ1) is 12.0. The molecule has 7 heteroatoms. The molecule has 0 saturated carbocycles. The summed E-state index contributed by atoms with van der Waals surface area (Å²) in [6, 6.07) is 0. The first kappa shape index (κ1) is 17.5. The van der Waals surface area contributed by atoms with E-state index in [9.17, 15) is 4.79 Å². The van der Waals surface area contributed by atoms with E-state index in [1.807, 2.05) is 36.7 Å². The molecule has 7 nitrogen and oxygen atoms in total. The van der Waals surface area contributed by atoms with Crippen LogP contribution in [0.1, 0.15) is 35.8 Å². The van der Waals surface area contributed by atoms with Crippen LogP contribution in [0, 0.1) is 13.8 Å². The lowest BCUT2D eigenvalue weighted by Crippen LogP contribution is -2.41. The average Bonchev–Trinajstić information content (AvgIpc) is 2.87. The summed E-state index contributed by atoms with van der Waals surface area (Å²) in [5, 5.41) is 4.47. The molecule has 1 fully saturated rings. The lowest BCUT2D eigenvalue weighted by Gasteiger charge is -2.32. The number of hydrogen-bond acceptors (Lipinski definition) is 5. The lowest BCUT2D eigenvalue weighted by molar-refractivity contribution is -0.136. The number of ether oxygens (including phenoxy) is 1. The Balaban J connectivity index is 1.85. The number of nitrogens with zero attached hydrogens (tertiary/aromatic N) is 5. The summed E-state index contributed by atoms with van der Waals surface area (Å²) in [4.78, 5) is 23.2. The van der Waals surface area contributed by atoms with Gasteiger partial charge in [-0.15, -0.1) is 0 Å². The number of carbonyl (C=O) groups is 1. The average molecular weight is 343 g/mol. The highest BCUT2D eigenvalue weighted by molar-refractivity contribution is 5.77. The van der Waals surface area contributed by atoms with Gasteiger partial charge in [0.1, 0.15) is 6.61 Å². The van der Waals surface area contributed by atoms with Gasteiger partial charge in [-0.2, -0.15) is 5.10 Å². The highest BCUT2D eigenvalue weighted by atomic mass is 16.5. The van der Waals surface area contributed by atoms with Crippen molar-refractivity contribution in [1.29, 1.82) is 0 Å². The van der Waals surface area contributed by atoms with Crippen molar-refractivity contribution in [2.45, 2.75) is 32.6 Å². The SMILES string of the molecule is COCC(=O)N1CCC[C@@H](c2cncc(-c3c(C)nn(C)c3C)n2)C1. The normalized spacial score (nSPS) is 17.8. The molecule has 0 bridgehead atoms. The van der Waals surface area contributed by atoms with Gasteiger partial charge in [0.2, 0.25) is 5.91 Å². The summed E-state index contributed by atoms with van der Waals surface area (Å²) in [6.07, 6.45) is 5.59. The van der Waals surface area contributed by atoms with Crippen molar-refractivity contribution in [1.82, 2.24) is 24.6 Å². The van der Waals surface area contributed by atoms with Crippen LogP contribution in [0.4, 0.5) is 0 Å². The summed E-state index contributed by atoms with van der Waals surface area (Å²) < 4.78 is 6.84. The molecular formula is C18H25N5O2. The highest BCUT2D eigenvalue weighted by Gasteiger charge is 2.26. The first-order valence-electron chi connectivity index (χ1n) is 8.60. The Morgan fingerprint density at radius 3 is 2.84 bits per heavy atom. The monoisotopic (exact) mass is 343 g/mol. The Labute approximate surface area is 148 Å². The number of likely N-dealkylation sites (tertiary alicyclic amines) is 1. The van der Waals surface area contributed by atoms with Crippen LogP contribution < -0.4 is 0 Å². The molecule has 0 spiro atoms. The van der Waals surface area contributed by atoms with Crippen molar-refractivity contribution in [2.75, 3.05) is 26.8 Å². The molecule has 0 unspecified atom stereocenters. The summed E-state index contributed by atoms with van der Waals surface area (Å²) >= 11 is 0. The van der Waals surface area contributed by atoms with E-state index in [2.05, 4.69) is 10.1 Å². The van der Waals surface area contributed by atoms with Crippen LogP contribution >= 0.6 is 0 Å². The molecule has 1 aliphatic rings. The molecule has 1 saturated heterocycles. The van der Waals surface area contributed by atoms with E-state index >= 15 is 0 Å². The molecule has 0 radical (unpaired) electrons. The van der Waals surface area contributed by atoms with Gasteiger partial charge in [-0.1, -0.05) is 0 Å². The number of amides is 1. The zero-order chi connectivity index (χ0) is 18.0. The first-order valence-corrected chi connectivity index (χ1v) is 8.60. The molecule has 1 atom stereocenters. The fraction of sp³-hybridized carbons (Fsp3) is 0.556. The van der Waals surface area contributed by atoms with Crippen LogP contribution in [-0.2, 0) is 16.6 Å². The second-order valence-corrected chi connectivity index (χ2v) is 6.61. The van der Waals surface area contributed by atoms with E-state index < -0.39 is 0 Å². The third-order valence-corrected chi connectivity index (χ3v) is 4.88. The zero-order valence-corrected chi connectivity index (χ0v) is 15.3. The van der Waals surface area contributed by atoms with Gasteiger partial charge in [0, 0.05) is 50.6 Å². The fourth-order valence-electron chi connectivity index (χ4n) is 3.50. The number of carbonyl (C=O) groups excluding carboxylic acids is 1. The minimum atomic E-state index is 0.0373. The van der Waals surface area contributed by atoms with Gasteiger partial charge in [-0.25, -0.2) is 4.98 Å². The van der Waals surface area contributed by atoms with Crippen LogP contribution in [-0.4, -0.2) is 57.4 Å². The van der Waals surface area contributed by atoms with Crippen molar-refractivity contribution < 1.29 is 9.53 Å². The fourth-order valence-corrected chi connectivity index (χ4v) is 3.50. The number of methoxy groups -OCH3 is 1. The Morgan fingerprint density at radius 1 is 1.36 bits per heavy atom. The molecule has 134 valence electrons. The maximum Gasteiger partial charge on any atom is 0.248 e. The van der Waals surface area contributed by atoms with Gasteiger partial charge in [0.25, 0.3) is 0 Å². The largest absolute Gasteiger partial charge is 0.375 e. The van der Waals surface area contributed by atoms with Gasteiger partial charge in [0.05, 0.1) is 23.3 Å². The van der Waals surface area contributed by atoms with E-state index in [4.69, 9.17) is 9.72 Å². The Hall–Kier alpha value is -2.28. The smallest absolute Gasteiger partial charge is 0.248 e. The molecular weight excluding hydrogens is 318 g/mol. The van der Waals surface area contributed by atoms with E-state index in [0.29, 0.717) is 6.54 Å². The zero-order valence-electron chi connectivity index (χ0n) is 15.3. The summed E-state index contributed by atoms with van der Waals surface area (Å²) in [5.41, 5.74) is 4.85. The molecule has 3 rings (SSSR count). The maximum atomic E-state index is 12.1. The number of aryl methyl sites for hydroxylation is 2. The topological polar surface area (TPSA) is 73.1 Å². The van der Waals surface area contributed by atoms with Gasteiger partial charge >= 0.3 is 0 Å². The Bertz CT molecular complexity index is 771. The van der Waals surface area contributed by atoms with Crippen LogP contribution in [0.25, 0.3) is 11.3 Å². The molecule has 0 aromatic carbocycles. The van der Waals surface area contributed by atoms with Crippen LogP contribution in [0.5, 0.6) is 0 Å². The Kier molecular flexibility index (Phi) is 5.13. The van der Waals surface area contributed by atoms with Gasteiger partial charge in [0.15, 0.2) is 0 Å². The molecule has 1 aliphatic heterocycles. The number of aromatic nitrogens is 4. The second kappa shape index (κ2) is 7.31. The molecule has 25 heavy (non-hydrogen) atoms. The molecule has 0 aliphatic carbocycles. The van der Waals surface area contributed by atoms with E-state index in [1.54, 1.807) is 13.3 Å². The molecule has 2 aromatic heterocycles.